The minimum absolute atomic E-state index is 0.00612. The maximum Gasteiger partial charge on any atom is 0.326 e. The molecule has 0 aliphatic carbocycles. The average molecular weight is 369 g/mol. The number of aromatic nitrogens is 4. The lowest BCUT2D eigenvalue weighted by Gasteiger charge is -2.16. The van der Waals surface area contributed by atoms with Gasteiger partial charge in [-0.05, 0) is 37.3 Å². The first-order chi connectivity index (χ1) is 13.1. The highest BCUT2D eigenvalue weighted by Crippen LogP contribution is 2.24. The molecule has 0 radical (unpaired) electrons. The number of methoxy groups -OCH3 is 1. The van der Waals surface area contributed by atoms with E-state index < -0.39 is 12.1 Å². The van der Waals surface area contributed by atoms with Gasteiger partial charge in [0.15, 0.2) is 6.10 Å². The Morgan fingerprint density at radius 1 is 1.19 bits per heavy atom. The van der Waals surface area contributed by atoms with E-state index in [9.17, 15) is 4.79 Å². The van der Waals surface area contributed by atoms with Gasteiger partial charge >= 0.3 is 5.97 Å². The number of carbonyl (C=O) groups is 1. The fourth-order valence-electron chi connectivity index (χ4n) is 2.29. The highest BCUT2D eigenvalue weighted by molar-refractivity contribution is 5.75. The van der Waals surface area contributed by atoms with Crippen LogP contribution < -0.4 is 9.64 Å². The topological polar surface area (TPSA) is 103 Å². The van der Waals surface area contributed by atoms with Crippen LogP contribution in [0.5, 0.6) is 5.75 Å². The van der Waals surface area contributed by atoms with Gasteiger partial charge in [0.25, 0.3) is 5.89 Å². The number of ether oxygens (including phenoxy) is 2. The van der Waals surface area contributed by atoms with Crippen LogP contribution in [0.15, 0.2) is 47.1 Å². The molecule has 140 valence electrons. The Kier molecular flexibility index (Phi) is 5.60. The fraction of sp³-hybridized carbons (Fsp3) is 0.278. The van der Waals surface area contributed by atoms with Crippen LogP contribution in [0.2, 0.25) is 0 Å². The van der Waals surface area contributed by atoms with Gasteiger partial charge < -0.3 is 18.8 Å². The third-order valence-electron chi connectivity index (χ3n) is 3.69. The van der Waals surface area contributed by atoms with E-state index in [1.165, 1.54) is 0 Å². The number of rotatable bonds is 7. The molecule has 1 atom stereocenters. The summed E-state index contributed by atoms with van der Waals surface area (Å²) in [6.07, 6.45) is 2.53. The predicted octanol–water partition coefficient (Wildman–Crippen LogP) is 2.28. The van der Waals surface area contributed by atoms with Gasteiger partial charge in [-0.2, -0.15) is 0 Å². The summed E-state index contributed by atoms with van der Waals surface area (Å²) < 4.78 is 16.1. The lowest BCUT2D eigenvalue weighted by atomic mass is 10.2. The van der Waals surface area contributed by atoms with Crippen LogP contribution >= 0.6 is 0 Å². The van der Waals surface area contributed by atoms with Gasteiger partial charge in [0, 0.05) is 25.0 Å². The molecule has 2 heterocycles. The summed E-state index contributed by atoms with van der Waals surface area (Å²) in [6, 6.07) is 8.91. The summed E-state index contributed by atoms with van der Waals surface area (Å²) in [7, 11) is 3.30. The molecular formula is C18H19N5O4. The van der Waals surface area contributed by atoms with Crippen LogP contribution in [0, 0.1) is 0 Å². The molecular weight excluding hydrogens is 350 g/mol. The van der Waals surface area contributed by atoms with E-state index >= 15 is 0 Å². The third-order valence-corrected chi connectivity index (χ3v) is 3.69. The van der Waals surface area contributed by atoms with Gasteiger partial charge in [0.2, 0.25) is 11.8 Å². The Morgan fingerprint density at radius 2 is 1.89 bits per heavy atom. The number of nitrogens with zero attached hydrogens (tertiary/aromatic N) is 5. The van der Waals surface area contributed by atoms with Crippen molar-refractivity contribution in [2.45, 2.75) is 13.0 Å². The normalized spacial score (nSPS) is 11.7. The van der Waals surface area contributed by atoms with E-state index in [4.69, 9.17) is 13.9 Å². The zero-order valence-corrected chi connectivity index (χ0v) is 15.2. The Hall–Kier alpha value is -3.49. The number of benzene rings is 1. The average Bonchev–Trinajstić information content (AvgIpc) is 3.19. The van der Waals surface area contributed by atoms with Gasteiger partial charge in [-0.1, -0.05) is 0 Å². The largest absolute Gasteiger partial charge is 0.497 e. The lowest BCUT2D eigenvalue weighted by molar-refractivity contribution is -0.147. The van der Waals surface area contributed by atoms with E-state index in [2.05, 4.69) is 20.2 Å². The number of anilines is 1. The van der Waals surface area contributed by atoms with E-state index in [1.807, 2.05) is 12.1 Å². The molecule has 0 saturated carbocycles. The van der Waals surface area contributed by atoms with E-state index in [-0.39, 0.29) is 12.4 Å². The van der Waals surface area contributed by atoms with Crippen molar-refractivity contribution in [3.8, 4) is 17.2 Å². The van der Waals surface area contributed by atoms with Crippen molar-refractivity contribution in [3.63, 3.8) is 0 Å². The number of hydrogen-bond acceptors (Lipinski definition) is 9. The summed E-state index contributed by atoms with van der Waals surface area (Å²) in [5, 5.41) is 7.96. The Labute approximate surface area is 156 Å². The van der Waals surface area contributed by atoms with Crippen LogP contribution in [0.25, 0.3) is 11.5 Å². The second-order valence-electron chi connectivity index (χ2n) is 5.71. The maximum atomic E-state index is 12.1. The molecule has 1 unspecified atom stereocenters. The van der Waals surface area contributed by atoms with Crippen molar-refractivity contribution >= 4 is 11.9 Å². The molecule has 27 heavy (non-hydrogen) atoms. The molecule has 1 aromatic carbocycles. The third kappa shape index (κ3) is 4.57. The van der Waals surface area contributed by atoms with Crippen molar-refractivity contribution < 1.29 is 18.7 Å². The first kappa shape index (κ1) is 18.3. The minimum atomic E-state index is -0.679. The molecule has 0 aliphatic heterocycles. The SMILES string of the molecule is COc1ccc(-c2nnc(C(C)OC(=O)CN(C)c3ncccn3)o2)cc1. The summed E-state index contributed by atoms with van der Waals surface area (Å²) >= 11 is 0. The maximum absolute atomic E-state index is 12.1. The predicted molar refractivity (Wildman–Crippen MR) is 96.1 cm³/mol. The quantitative estimate of drug-likeness (QED) is 0.580. The minimum Gasteiger partial charge on any atom is -0.497 e. The molecule has 2 aromatic heterocycles. The van der Waals surface area contributed by atoms with Crippen molar-refractivity contribution in [1.82, 2.24) is 20.2 Å². The molecule has 0 aliphatic rings. The van der Waals surface area contributed by atoms with Crippen molar-refractivity contribution in [3.05, 3.63) is 48.6 Å². The molecule has 0 spiro atoms. The lowest BCUT2D eigenvalue weighted by Crippen LogP contribution is -2.29. The molecule has 3 rings (SSSR count). The molecule has 0 saturated heterocycles. The summed E-state index contributed by atoms with van der Waals surface area (Å²) in [5.41, 5.74) is 0.744. The van der Waals surface area contributed by atoms with E-state index in [1.54, 1.807) is 56.6 Å². The first-order valence-electron chi connectivity index (χ1n) is 8.22. The van der Waals surface area contributed by atoms with E-state index in [0.717, 1.165) is 11.3 Å². The molecule has 9 heteroatoms. The summed E-state index contributed by atoms with van der Waals surface area (Å²) in [6.45, 7) is 1.66. The number of esters is 1. The van der Waals surface area contributed by atoms with Crippen LogP contribution in [0.1, 0.15) is 18.9 Å². The van der Waals surface area contributed by atoms with Crippen LogP contribution in [-0.4, -0.2) is 46.8 Å². The van der Waals surface area contributed by atoms with Gasteiger partial charge in [-0.3, -0.25) is 4.79 Å². The van der Waals surface area contributed by atoms with Gasteiger partial charge in [-0.25, -0.2) is 9.97 Å². The smallest absolute Gasteiger partial charge is 0.326 e. The zero-order chi connectivity index (χ0) is 19.2. The highest BCUT2D eigenvalue weighted by Gasteiger charge is 2.20. The number of hydrogen-bond donors (Lipinski definition) is 0. The summed E-state index contributed by atoms with van der Waals surface area (Å²) in [4.78, 5) is 21.9. The molecule has 0 bridgehead atoms. The van der Waals surface area contributed by atoms with Crippen molar-refractivity contribution in [2.75, 3.05) is 25.6 Å². The monoisotopic (exact) mass is 369 g/mol. The fourth-order valence-corrected chi connectivity index (χ4v) is 2.29. The highest BCUT2D eigenvalue weighted by atomic mass is 16.6. The molecule has 9 nitrogen and oxygen atoms in total. The zero-order valence-electron chi connectivity index (χ0n) is 15.2. The van der Waals surface area contributed by atoms with Crippen LogP contribution in [0.3, 0.4) is 0 Å². The van der Waals surface area contributed by atoms with Gasteiger partial charge in [0.1, 0.15) is 12.3 Å². The van der Waals surface area contributed by atoms with E-state index in [0.29, 0.717) is 11.8 Å². The van der Waals surface area contributed by atoms with Crippen LogP contribution in [-0.2, 0) is 9.53 Å². The molecule has 3 aromatic rings. The van der Waals surface area contributed by atoms with Crippen molar-refractivity contribution in [1.29, 1.82) is 0 Å². The molecule has 0 amide bonds. The van der Waals surface area contributed by atoms with Gasteiger partial charge in [0.05, 0.1) is 7.11 Å². The Morgan fingerprint density at radius 3 is 2.56 bits per heavy atom. The Bertz CT molecular complexity index is 882. The second kappa shape index (κ2) is 8.26. The number of likely N-dealkylation sites (N-methyl/N-ethyl adjacent to an activating group) is 1. The summed E-state index contributed by atoms with van der Waals surface area (Å²) in [5.74, 6) is 1.26. The Balaban J connectivity index is 1.60. The number of carbonyl (C=O) groups excluding carboxylic acids is 1. The standard InChI is InChI=1S/C18H19N5O4/c1-12(26-15(24)11-23(2)18-19-9-4-10-20-18)16-21-22-17(27-16)13-5-7-14(25-3)8-6-13/h4-10,12H,11H2,1-3H3. The molecule has 0 fully saturated rings. The van der Waals surface area contributed by atoms with Gasteiger partial charge in [-0.15, -0.1) is 10.2 Å². The molecule has 0 N–H and O–H groups in total. The second-order valence-corrected chi connectivity index (χ2v) is 5.71. The van der Waals surface area contributed by atoms with Crippen molar-refractivity contribution in [2.24, 2.45) is 0 Å². The first-order valence-corrected chi connectivity index (χ1v) is 8.22. The van der Waals surface area contributed by atoms with Crippen LogP contribution in [0.4, 0.5) is 5.95 Å².